The van der Waals surface area contributed by atoms with Gasteiger partial charge in [-0.1, -0.05) is 25.1 Å². The Labute approximate surface area is 181 Å². The minimum atomic E-state index is -4.36. The maximum Gasteiger partial charge on any atom is 0.416 e. The SMILES string of the molecule is CC(=O)Nc1ccc2c(CCc3sc4cc(C(F)(F)F)ccc4c3C(C)C)noc2c1. The van der Waals surface area contributed by atoms with Crippen LogP contribution in [0.1, 0.15) is 48.4 Å². The molecule has 2 aromatic heterocycles. The Morgan fingerprint density at radius 1 is 1.13 bits per heavy atom. The molecule has 4 aromatic rings. The molecule has 1 amide bonds. The van der Waals surface area contributed by atoms with Gasteiger partial charge in [0.2, 0.25) is 5.91 Å². The summed E-state index contributed by atoms with van der Waals surface area (Å²) in [5.41, 5.74) is 2.47. The van der Waals surface area contributed by atoms with Crippen molar-refractivity contribution in [3.63, 3.8) is 0 Å². The molecule has 162 valence electrons. The van der Waals surface area contributed by atoms with Gasteiger partial charge in [-0.25, -0.2) is 0 Å². The number of halogens is 3. The molecule has 4 rings (SSSR count). The highest BCUT2D eigenvalue weighted by Crippen LogP contribution is 2.40. The van der Waals surface area contributed by atoms with Crippen LogP contribution in [-0.2, 0) is 23.8 Å². The molecule has 31 heavy (non-hydrogen) atoms. The summed E-state index contributed by atoms with van der Waals surface area (Å²) >= 11 is 1.41. The highest BCUT2D eigenvalue weighted by atomic mass is 32.1. The van der Waals surface area contributed by atoms with E-state index < -0.39 is 11.7 Å². The average Bonchev–Trinajstić information content (AvgIpc) is 3.24. The van der Waals surface area contributed by atoms with E-state index in [4.69, 9.17) is 4.52 Å². The maximum absolute atomic E-state index is 13.1. The Hall–Kier alpha value is -2.87. The first kappa shape index (κ1) is 21.4. The fourth-order valence-corrected chi connectivity index (χ4v) is 5.24. The van der Waals surface area contributed by atoms with Crippen LogP contribution in [0, 0.1) is 0 Å². The second-order valence-electron chi connectivity index (χ2n) is 7.82. The molecule has 0 atom stereocenters. The van der Waals surface area contributed by atoms with Gasteiger partial charge in [0.15, 0.2) is 5.58 Å². The van der Waals surface area contributed by atoms with Gasteiger partial charge in [0.05, 0.1) is 11.3 Å². The van der Waals surface area contributed by atoms with Gasteiger partial charge in [-0.15, -0.1) is 11.3 Å². The first-order chi connectivity index (χ1) is 14.6. The zero-order valence-corrected chi connectivity index (χ0v) is 18.1. The predicted octanol–water partition coefficient (Wildman–Crippen LogP) is 6.93. The fourth-order valence-electron chi connectivity index (χ4n) is 3.85. The van der Waals surface area contributed by atoms with Crippen molar-refractivity contribution in [1.29, 1.82) is 0 Å². The predicted molar refractivity (Wildman–Crippen MR) is 117 cm³/mol. The summed E-state index contributed by atoms with van der Waals surface area (Å²) in [4.78, 5) is 12.3. The Morgan fingerprint density at radius 2 is 1.87 bits per heavy atom. The zero-order valence-electron chi connectivity index (χ0n) is 17.3. The number of carbonyl (C=O) groups is 1. The molecule has 0 radical (unpaired) electrons. The lowest BCUT2D eigenvalue weighted by molar-refractivity contribution is -0.137. The lowest BCUT2D eigenvalue weighted by Crippen LogP contribution is -2.05. The number of nitrogens with zero attached hydrogens (tertiary/aromatic N) is 1. The number of nitrogens with one attached hydrogen (secondary N) is 1. The number of hydrogen-bond acceptors (Lipinski definition) is 4. The molecule has 0 bridgehead atoms. The first-order valence-corrected chi connectivity index (χ1v) is 10.7. The molecule has 8 heteroatoms. The van der Waals surface area contributed by atoms with E-state index in [1.807, 2.05) is 6.07 Å². The van der Waals surface area contributed by atoms with E-state index in [0.29, 0.717) is 28.8 Å². The number of benzene rings is 2. The fraction of sp³-hybridized carbons (Fsp3) is 0.304. The van der Waals surface area contributed by atoms with Gasteiger partial charge < -0.3 is 9.84 Å². The van der Waals surface area contributed by atoms with Gasteiger partial charge in [0, 0.05) is 33.6 Å². The van der Waals surface area contributed by atoms with Crippen LogP contribution in [0.2, 0.25) is 0 Å². The van der Waals surface area contributed by atoms with Crippen LogP contribution in [0.5, 0.6) is 0 Å². The zero-order chi connectivity index (χ0) is 22.3. The van der Waals surface area contributed by atoms with E-state index in [1.54, 1.807) is 18.2 Å². The third-order valence-electron chi connectivity index (χ3n) is 5.17. The van der Waals surface area contributed by atoms with Crippen molar-refractivity contribution in [3.05, 3.63) is 58.1 Å². The van der Waals surface area contributed by atoms with E-state index >= 15 is 0 Å². The third kappa shape index (κ3) is 4.30. The summed E-state index contributed by atoms with van der Waals surface area (Å²) in [6.45, 7) is 5.54. The van der Waals surface area contributed by atoms with Crippen LogP contribution < -0.4 is 5.32 Å². The van der Waals surface area contributed by atoms with Crippen molar-refractivity contribution in [1.82, 2.24) is 5.16 Å². The summed E-state index contributed by atoms with van der Waals surface area (Å²) in [6.07, 6.45) is -3.10. The molecule has 0 saturated heterocycles. The van der Waals surface area contributed by atoms with Gasteiger partial charge in [-0.3, -0.25) is 4.79 Å². The lowest BCUT2D eigenvalue weighted by atomic mass is 9.96. The average molecular weight is 446 g/mol. The number of alkyl halides is 3. The quantitative estimate of drug-likeness (QED) is 0.362. The second-order valence-corrected chi connectivity index (χ2v) is 8.96. The topological polar surface area (TPSA) is 55.1 Å². The molecule has 0 aliphatic carbocycles. The van der Waals surface area contributed by atoms with Gasteiger partial charge >= 0.3 is 6.18 Å². The van der Waals surface area contributed by atoms with Gasteiger partial charge in [-0.2, -0.15) is 13.2 Å². The van der Waals surface area contributed by atoms with E-state index in [2.05, 4.69) is 24.3 Å². The normalized spacial score (nSPS) is 12.2. The van der Waals surface area contributed by atoms with E-state index in [-0.39, 0.29) is 11.8 Å². The molecule has 0 fully saturated rings. The van der Waals surface area contributed by atoms with Crippen molar-refractivity contribution in [3.8, 4) is 0 Å². The number of carbonyl (C=O) groups excluding carboxylic acids is 1. The third-order valence-corrected chi connectivity index (χ3v) is 6.39. The van der Waals surface area contributed by atoms with Crippen molar-refractivity contribution in [2.45, 2.75) is 45.7 Å². The molecule has 0 aliphatic heterocycles. The molecule has 0 spiro atoms. The number of rotatable bonds is 5. The summed E-state index contributed by atoms with van der Waals surface area (Å²) in [5, 5.41) is 8.63. The first-order valence-electron chi connectivity index (χ1n) is 9.92. The Bertz CT molecular complexity index is 1270. The van der Waals surface area contributed by atoms with Crippen LogP contribution in [-0.4, -0.2) is 11.1 Å². The van der Waals surface area contributed by atoms with E-state index in [1.165, 1.54) is 24.3 Å². The van der Waals surface area contributed by atoms with Crippen molar-refractivity contribution in [2.24, 2.45) is 0 Å². The van der Waals surface area contributed by atoms with Crippen LogP contribution >= 0.6 is 11.3 Å². The number of thiophene rings is 1. The van der Waals surface area contributed by atoms with Crippen molar-refractivity contribution in [2.75, 3.05) is 5.32 Å². The van der Waals surface area contributed by atoms with Crippen molar-refractivity contribution >= 4 is 44.0 Å². The van der Waals surface area contributed by atoms with Gasteiger partial charge in [-0.05, 0) is 54.0 Å². The molecule has 2 heterocycles. The summed E-state index contributed by atoms with van der Waals surface area (Å²) in [7, 11) is 0. The smallest absolute Gasteiger partial charge is 0.356 e. The number of anilines is 1. The summed E-state index contributed by atoms with van der Waals surface area (Å²) in [6, 6.07) is 9.36. The van der Waals surface area contributed by atoms with Crippen LogP contribution in [0.15, 0.2) is 40.9 Å². The molecule has 0 saturated carbocycles. The number of hydrogen-bond donors (Lipinski definition) is 1. The summed E-state index contributed by atoms with van der Waals surface area (Å²) < 4.78 is 45.5. The number of aryl methyl sites for hydroxylation is 2. The number of aromatic nitrogens is 1. The maximum atomic E-state index is 13.1. The van der Waals surface area contributed by atoms with E-state index in [9.17, 15) is 18.0 Å². The van der Waals surface area contributed by atoms with Gasteiger partial charge in [0.25, 0.3) is 0 Å². The van der Waals surface area contributed by atoms with Crippen LogP contribution in [0.25, 0.3) is 21.1 Å². The summed E-state index contributed by atoms with van der Waals surface area (Å²) in [5.74, 6) is 0.0218. The molecule has 2 aromatic carbocycles. The Kier molecular flexibility index (Phi) is 5.51. The largest absolute Gasteiger partial charge is 0.416 e. The highest BCUT2D eigenvalue weighted by molar-refractivity contribution is 7.19. The molecule has 0 unspecified atom stereocenters. The highest BCUT2D eigenvalue weighted by Gasteiger charge is 2.31. The Balaban J connectivity index is 1.64. The van der Waals surface area contributed by atoms with Gasteiger partial charge in [0.1, 0.15) is 0 Å². The minimum absolute atomic E-state index is 0.168. The molecule has 4 nitrogen and oxygen atoms in total. The van der Waals surface area contributed by atoms with Crippen LogP contribution in [0.4, 0.5) is 18.9 Å². The number of amides is 1. The van der Waals surface area contributed by atoms with Crippen molar-refractivity contribution < 1.29 is 22.5 Å². The van der Waals surface area contributed by atoms with E-state index in [0.717, 1.165) is 33.0 Å². The van der Waals surface area contributed by atoms with Crippen LogP contribution in [0.3, 0.4) is 0 Å². The molecular formula is C23H21F3N2O2S. The molecule has 1 N–H and O–H groups in total. The molecule has 0 aliphatic rings. The standard InChI is InChI=1S/C23H21F3N2O2S/c1-12(2)22-17-6-4-14(23(24,25)26)10-21(17)31-20(22)9-8-18-16-7-5-15(27-13(3)29)11-19(16)30-28-18/h4-7,10-12H,8-9H2,1-3H3,(H,27,29). The number of fused-ring (bicyclic) bond motifs is 2. The molecular weight excluding hydrogens is 425 g/mol. The second kappa shape index (κ2) is 8.00. The minimum Gasteiger partial charge on any atom is -0.356 e. The Morgan fingerprint density at radius 3 is 2.55 bits per heavy atom. The monoisotopic (exact) mass is 446 g/mol. The lowest BCUT2D eigenvalue weighted by Gasteiger charge is -2.09.